The summed E-state index contributed by atoms with van der Waals surface area (Å²) in [6.07, 6.45) is 0.788. The zero-order valence-corrected chi connectivity index (χ0v) is 18.5. The molecule has 3 N–H and O–H groups in total. The van der Waals surface area contributed by atoms with E-state index in [1.807, 2.05) is 91.9 Å². The van der Waals surface area contributed by atoms with Gasteiger partial charge in [0.2, 0.25) is 11.8 Å². The predicted octanol–water partition coefficient (Wildman–Crippen LogP) is 4.20. The molecular formula is C27H28N2O4. The monoisotopic (exact) mass is 444 g/mol. The van der Waals surface area contributed by atoms with Gasteiger partial charge >= 0.3 is 0 Å². The fraction of sp³-hybridized carbons (Fsp3) is 0.259. The van der Waals surface area contributed by atoms with Crippen LogP contribution in [0.5, 0.6) is 5.75 Å². The molecule has 1 aliphatic rings. The minimum absolute atomic E-state index is 0.183. The molecule has 0 unspecified atom stereocenters. The third-order valence-corrected chi connectivity index (χ3v) is 6.29. The van der Waals surface area contributed by atoms with Crippen LogP contribution in [0.3, 0.4) is 0 Å². The Bertz CT molecular complexity index is 1090. The Kier molecular flexibility index (Phi) is 6.75. The second kappa shape index (κ2) is 9.88. The molecule has 0 aliphatic heterocycles. The Morgan fingerprint density at radius 1 is 0.970 bits per heavy atom. The van der Waals surface area contributed by atoms with E-state index in [1.165, 1.54) is 0 Å². The van der Waals surface area contributed by atoms with E-state index < -0.39 is 17.2 Å². The van der Waals surface area contributed by atoms with Crippen LogP contribution in [0.4, 0.5) is 0 Å². The Labute approximate surface area is 193 Å². The number of carbonyl (C=O) groups excluding carboxylic acids is 2. The smallest absolute Gasteiger partial charge is 0.247 e. The molecule has 0 aromatic heterocycles. The lowest BCUT2D eigenvalue weighted by atomic mass is 9.92. The molecule has 33 heavy (non-hydrogen) atoms. The molecule has 0 saturated heterocycles. The standard InChI is InChI=1S/C27H28N2O4/c1-19(22-10-6-3-7-11-22)28-26(31)27(17-24(27)25(30)29-32)16-20-12-14-23(15-13-20)33-18-21-8-4-2-5-9-21/h2-15,19,24,32H,16-18H2,1H3,(H,28,31)(H,29,30)/t19-,24+,27-/m0/s1. The fourth-order valence-electron chi connectivity index (χ4n) is 4.23. The summed E-state index contributed by atoms with van der Waals surface area (Å²) in [4.78, 5) is 25.4. The van der Waals surface area contributed by atoms with Gasteiger partial charge < -0.3 is 10.1 Å². The van der Waals surface area contributed by atoms with Crippen molar-refractivity contribution in [3.05, 3.63) is 102 Å². The summed E-state index contributed by atoms with van der Waals surface area (Å²) >= 11 is 0. The number of ether oxygens (including phenoxy) is 1. The number of amides is 2. The van der Waals surface area contributed by atoms with Crippen LogP contribution in [-0.2, 0) is 22.6 Å². The summed E-state index contributed by atoms with van der Waals surface area (Å²) in [5.74, 6) is -0.545. The van der Waals surface area contributed by atoms with E-state index in [9.17, 15) is 9.59 Å². The van der Waals surface area contributed by atoms with Gasteiger partial charge in [-0.2, -0.15) is 0 Å². The third kappa shape index (κ3) is 5.23. The molecule has 6 heteroatoms. The highest BCUT2D eigenvalue weighted by Crippen LogP contribution is 2.55. The average molecular weight is 445 g/mol. The number of hydrogen-bond donors (Lipinski definition) is 3. The number of carbonyl (C=O) groups is 2. The molecule has 0 radical (unpaired) electrons. The Morgan fingerprint density at radius 2 is 1.61 bits per heavy atom. The van der Waals surface area contributed by atoms with Crippen LogP contribution in [0.1, 0.15) is 36.1 Å². The topological polar surface area (TPSA) is 87.7 Å². The molecule has 3 aromatic carbocycles. The molecule has 1 aliphatic carbocycles. The van der Waals surface area contributed by atoms with Crippen molar-refractivity contribution in [3.8, 4) is 5.75 Å². The van der Waals surface area contributed by atoms with E-state index in [2.05, 4.69) is 5.32 Å². The van der Waals surface area contributed by atoms with Crippen molar-refractivity contribution in [2.75, 3.05) is 0 Å². The highest BCUT2D eigenvalue weighted by atomic mass is 16.5. The molecule has 0 heterocycles. The predicted molar refractivity (Wildman–Crippen MR) is 124 cm³/mol. The van der Waals surface area contributed by atoms with Crippen molar-refractivity contribution in [2.24, 2.45) is 11.3 Å². The van der Waals surface area contributed by atoms with E-state index in [-0.39, 0.29) is 11.9 Å². The molecule has 4 rings (SSSR count). The average Bonchev–Trinajstić information content (AvgIpc) is 3.59. The summed E-state index contributed by atoms with van der Waals surface area (Å²) in [6, 6.07) is 27.0. The number of benzene rings is 3. The molecule has 2 amide bonds. The Balaban J connectivity index is 1.44. The first kappa shape index (κ1) is 22.6. The van der Waals surface area contributed by atoms with Gasteiger partial charge in [-0.05, 0) is 48.6 Å². The van der Waals surface area contributed by atoms with Crippen LogP contribution in [0, 0.1) is 11.3 Å². The maximum absolute atomic E-state index is 13.3. The lowest BCUT2D eigenvalue weighted by Crippen LogP contribution is -2.38. The van der Waals surface area contributed by atoms with E-state index in [0.29, 0.717) is 19.4 Å². The maximum Gasteiger partial charge on any atom is 0.247 e. The molecule has 0 bridgehead atoms. The SMILES string of the molecule is C[C@H](NC(=O)[C@@]1(Cc2ccc(OCc3ccccc3)cc2)C[C@@H]1C(=O)NO)c1ccccc1. The van der Waals surface area contributed by atoms with E-state index in [0.717, 1.165) is 22.4 Å². The minimum atomic E-state index is -0.887. The van der Waals surface area contributed by atoms with E-state index >= 15 is 0 Å². The van der Waals surface area contributed by atoms with Gasteiger partial charge in [-0.1, -0.05) is 72.8 Å². The van der Waals surface area contributed by atoms with Gasteiger partial charge in [-0.15, -0.1) is 0 Å². The molecule has 1 fully saturated rings. The highest BCUT2D eigenvalue weighted by molar-refractivity contribution is 5.96. The minimum Gasteiger partial charge on any atom is -0.489 e. The van der Waals surface area contributed by atoms with Gasteiger partial charge in [0.05, 0.1) is 17.4 Å². The van der Waals surface area contributed by atoms with Crippen molar-refractivity contribution in [1.29, 1.82) is 0 Å². The van der Waals surface area contributed by atoms with E-state index in [1.54, 1.807) is 5.48 Å². The lowest BCUT2D eigenvalue weighted by Gasteiger charge is -2.21. The van der Waals surface area contributed by atoms with E-state index in [4.69, 9.17) is 9.94 Å². The normalized spacial score (nSPS) is 19.9. The Morgan fingerprint density at radius 3 is 2.24 bits per heavy atom. The van der Waals surface area contributed by atoms with Gasteiger partial charge in [0, 0.05) is 0 Å². The van der Waals surface area contributed by atoms with Crippen LogP contribution in [-0.4, -0.2) is 17.0 Å². The molecule has 6 nitrogen and oxygen atoms in total. The van der Waals surface area contributed by atoms with Crippen molar-refractivity contribution in [3.63, 3.8) is 0 Å². The summed E-state index contributed by atoms with van der Waals surface area (Å²) < 4.78 is 5.84. The molecule has 3 aromatic rings. The second-order valence-electron chi connectivity index (χ2n) is 8.59. The van der Waals surface area contributed by atoms with Crippen molar-refractivity contribution in [2.45, 2.75) is 32.4 Å². The largest absolute Gasteiger partial charge is 0.489 e. The van der Waals surface area contributed by atoms with Crippen LogP contribution in [0.15, 0.2) is 84.9 Å². The zero-order valence-electron chi connectivity index (χ0n) is 18.5. The van der Waals surface area contributed by atoms with Gasteiger partial charge in [0.15, 0.2) is 0 Å². The third-order valence-electron chi connectivity index (χ3n) is 6.29. The van der Waals surface area contributed by atoms with Crippen LogP contribution < -0.4 is 15.5 Å². The number of nitrogens with one attached hydrogen (secondary N) is 2. The van der Waals surface area contributed by atoms with Gasteiger partial charge in [-0.25, -0.2) is 5.48 Å². The first-order valence-electron chi connectivity index (χ1n) is 11.1. The van der Waals surface area contributed by atoms with Gasteiger partial charge in [0.25, 0.3) is 0 Å². The molecule has 0 spiro atoms. The summed E-state index contributed by atoms with van der Waals surface area (Å²) in [5, 5.41) is 12.2. The van der Waals surface area contributed by atoms with Crippen LogP contribution >= 0.6 is 0 Å². The summed E-state index contributed by atoms with van der Waals surface area (Å²) in [6.45, 7) is 2.39. The first-order chi connectivity index (χ1) is 16.0. The second-order valence-corrected chi connectivity index (χ2v) is 8.59. The first-order valence-corrected chi connectivity index (χ1v) is 11.1. The molecule has 3 atom stereocenters. The van der Waals surface area contributed by atoms with Crippen LogP contribution in [0.25, 0.3) is 0 Å². The lowest BCUT2D eigenvalue weighted by molar-refractivity contribution is -0.135. The van der Waals surface area contributed by atoms with Crippen molar-refractivity contribution >= 4 is 11.8 Å². The highest BCUT2D eigenvalue weighted by Gasteiger charge is 2.63. The van der Waals surface area contributed by atoms with Gasteiger partial charge in [0.1, 0.15) is 12.4 Å². The van der Waals surface area contributed by atoms with Crippen molar-refractivity contribution in [1.82, 2.24) is 10.8 Å². The summed E-state index contributed by atoms with van der Waals surface area (Å²) in [7, 11) is 0. The number of rotatable bonds is 9. The maximum atomic E-state index is 13.3. The van der Waals surface area contributed by atoms with Crippen molar-refractivity contribution < 1.29 is 19.5 Å². The summed E-state index contributed by atoms with van der Waals surface area (Å²) in [5.41, 5.74) is 3.83. The Hall–Kier alpha value is -3.64. The number of hydrogen-bond acceptors (Lipinski definition) is 4. The molecular weight excluding hydrogens is 416 g/mol. The molecule has 1 saturated carbocycles. The molecule has 170 valence electrons. The van der Waals surface area contributed by atoms with Crippen LogP contribution in [0.2, 0.25) is 0 Å². The fourth-order valence-corrected chi connectivity index (χ4v) is 4.23. The van der Waals surface area contributed by atoms with Gasteiger partial charge in [-0.3, -0.25) is 14.8 Å². The quantitative estimate of drug-likeness (QED) is 0.341. The zero-order chi connectivity index (χ0) is 23.3. The number of hydroxylamine groups is 1.